The van der Waals surface area contributed by atoms with Crippen molar-refractivity contribution in [2.45, 2.75) is 0 Å². The number of nitrogens with zero attached hydrogens (tertiary/aromatic N) is 2. The number of rotatable bonds is 2. The molecule has 2 nitrogen and oxygen atoms in total. The normalized spacial score (nSPS) is 10.7. The molecule has 3 aromatic heterocycles. The Hall–Kier alpha value is -1.04. The van der Waals surface area contributed by atoms with Crippen molar-refractivity contribution in [2.75, 3.05) is 0 Å². The Bertz CT molecular complexity index is 488. The summed E-state index contributed by atoms with van der Waals surface area (Å²) in [5, 5.41) is 6.17. The SMILES string of the molecule is c1csc(-c2ccc(-c3nccs3)s2)n1. The predicted octanol–water partition coefficient (Wildman–Crippen LogP) is 4.00. The molecule has 0 aliphatic rings. The second-order valence-electron chi connectivity index (χ2n) is 2.84. The van der Waals surface area contributed by atoms with Crippen LogP contribution >= 0.6 is 34.0 Å². The van der Waals surface area contributed by atoms with Crippen molar-refractivity contribution in [3.05, 3.63) is 35.3 Å². The summed E-state index contributed by atoms with van der Waals surface area (Å²) in [6, 6.07) is 4.22. The fourth-order valence-electron chi connectivity index (χ4n) is 1.26. The van der Waals surface area contributed by atoms with Gasteiger partial charge in [0.1, 0.15) is 10.0 Å². The fraction of sp³-hybridized carbons (Fsp3) is 0. The van der Waals surface area contributed by atoms with E-state index >= 15 is 0 Å². The topological polar surface area (TPSA) is 25.8 Å². The fourth-order valence-corrected chi connectivity index (χ4v) is 3.70. The Kier molecular flexibility index (Phi) is 2.36. The molecule has 5 heteroatoms. The first-order valence-corrected chi connectivity index (χ1v) is 6.90. The molecule has 3 rings (SSSR count). The molecular formula is C10H6N2S3. The Morgan fingerprint density at radius 3 is 1.73 bits per heavy atom. The zero-order valence-corrected chi connectivity index (χ0v) is 10.0. The van der Waals surface area contributed by atoms with Crippen LogP contribution in [0.1, 0.15) is 0 Å². The highest BCUT2D eigenvalue weighted by molar-refractivity contribution is 7.25. The van der Waals surface area contributed by atoms with Gasteiger partial charge in [0, 0.05) is 23.2 Å². The number of thiazole rings is 2. The summed E-state index contributed by atoms with van der Waals surface area (Å²) in [6.07, 6.45) is 3.67. The molecule has 0 unspecified atom stereocenters. The second kappa shape index (κ2) is 3.84. The smallest absolute Gasteiger partial charge is 0.133 e. The van der Waals surface area contributed by atoms with Crippen LogP contribution in [0.3, 0.4) is 0 Å². The van der Waals surface area contributed by atoms with E-state index in [9.17, 15) is 0 Å². The number of thiophene rings is 1. The zero-order chi connectivity index (χ0) is 10.1. The second-order valence-corrected chi connectivity index (χ2v) is 5.71. The highest BCUT2D eigenvalue weighted by atomic mass is 32.1. The van der Waals surface area contributed by atoms with E-state index in [0.717, 1.165) is 10.0 Å². The lowest BCUT2D eigenvalue weighted by molar-refractivity contribution is 1.43. The minimum absolute atomic E-state index is 1.09. The van der Waals surface area contributed by atoms with Gasteiger partial charge >= 0.3 is 0 Å². The zero-order valence-electron chi connectivity index (χ0n) is 7.58. The van der Waals surface area contributed by atoms with Gasteiger partial charge in [-0.25, -0.2) is 9.97 Å². The highest BCUT2D eigenvalue weighted by Gasteiger charge is 2.07. The van der Waals surface area contributed by atoms with E-state index < -0.39 is 0 Å². The van der Waals surface area contributed by atoms with E-state index in [2.05, 4.69) is 22.1 Å². The molecule has 0 saturated carbocycles. The Labute approximate surface area is 98.9 Å². The van der Waals surface area contributed by atoms with E-state index in [0.29, 0.717) is 0 Å². The summed E-state index contributed by atoms with van der Waals surface area (Å²) in [5.74, 6) is 0. The molecule has 0 spiro atoms. The summed E-state index contributed by atoms with van der Waals surface area (Å²) < 4.78 is 0. The van der Waals surface area contributed by atoms with Gasteiger partial charge in [-0.05, 0) is 12.1 Å². The third-order valence-electron chi connectivity index (χ3n) is 1.89. The van der Waals surface area contributed by atoms with Crippen LogP contribution in [0.4, 0.5) is 0 Å². The van der Waals surface area contributed by atoms with Crippen LogP contribution < -0.4 is 0 Å². The third kappa shape index (κ3) is 1.73. The molecule has 0 saturated heterocycles. The molecule has 0 fully saturated rings. The van der Waals surface area contributed by atoms with Crippen molar-refractivity contribution in [2.24, 2.45) is 0 Å². The van der Waals surface area contributed by atoms with Crippen molar-refractivity contribution in [3.8, 4) is 19.8 Å². The standard InChI is InChI=1S/C10H6N2S3/c1-2-8(10-12-4-6-14-10)15-7(1)9-11-3-5-13-9/h1-6H. The maximum atomic E-state index is 4.29. The molecule has 3 heterocycles. The van der Waals surface area contributed by atoms with Gasteiger partial charge in [-0.3, -0.25) is 0 Å². The Morgan fingerprint density at radius 2 is 1.33 bits per heavy atom. The van der Waals surface area contributed by atoms with Crippen LogP contribution in [0.25, 0.3) is 19.8 Å². The molecule has 0 aliphatic carbocycles. The van der Waals surface area contributed by atoms with Gasteiger partial charge in [0.05, 0.1) is 9.75 Å². The lowest BCUT2D eigenvalue weighted by atomic mass is 10.4. The van der Waals surface area contributed by atoms with E-state index in [1.54, 1.807) is 34.0 Å². The molecule has 0 bridgehead atoms. The maximum Gasteiger partial charge on any atom is 0.133 e. The summed E-state index contributed by atoms with van der Waals surface area (Å²) in [7, 11) is 0. The summed E-state index contributed by atoms with van der Waals surface area (Å²) >= 11 is 5.08. The molecule has 15 heavy (non-hydrogen) atoms. The lowest BCUT2D eigenvalue weighted by Gasteiger charge is -1.87. The average molecular weight is 250 g/mol. The quantitative estimate of drug-likeness (QED) is 0.687. The van der Waals surface area contributed by atoms with Crippen molar-refractivity contribution in [3.63, 3.8) is 0 Å². The van der Waals surface area contributed by atoms with Crippen molar-refractivity contribution >= 4 is 34.0 Å². The molecule has 0 amide bonds. The predicted molar refractivity (Wildman–Crippen MR) is 66.5 cm³/mol. The average Bonchev–Trinajstić information content (AvgIpc) is 3.02. The van der Waals surface area contributed by atoms with Gasteiger partial charge in [-0.1, -0.05) is 0 Å². The van der Waals surface area contributed by atoms with Crippen LogP contribution in [-0.4, -0.2) is 9.97 Å². The van der Waals surface area contributed by atoms with Crippen LogP contribution in [0.2, 0.25) is 0 Å². The van der Waals surface area contributed by atoms with E-state index in [1.165, 1.54) is 9.75 Å². The minimum Gasteiger partial charge on any atom is -0.244 e. The number of hydrogen-bond donors (Lipinski definition) is 0. The molecule has 0 radical (unpaired) electrons. The summed E-state index contributed by atoms with van der Waals surface area (Å²) in [4.78, 5) is 11.0. The van der Waals surface area contributed by atoms with E-state index in [-0.39, 0.29) is 0 Å². The van der Waals surface area contributed by atoms with Gasteiger partial charge < -0.3 is 0 Å². The Balaban J connectivity index is 2.02. The van der Waals surface area contributed by atoms with Crippen molar-refractivity contribution in [1.29, 1.82) is 0 Å². The molecule has 0 N–H and O–H groups in total. The number of hydrogen-bond acceptors (Lipinski definition) is 5. The molecular weight excluding hydrogens is 244 g/mol. The van der Waals surface area contributed by atoms with Crippen LogP contribution in [-0.2, 0) is 0 Å². The number of aromatic nitrogens is 2. The highest BCUT2D eigenvalue weighted by Crippen LogP contribution is 2.35. The lowest BCUT2D eigenvalue weighted by Crippen LogP contribution is -1.65. The first-order chi connectivity index (χ1) is 7.43. The molecule has 74 valence electrons. The molecule has 0 aliphatic heterocycles. The van der Waals surface area contributed by atoms with Crippen molar-refractivity contribution < 1.29 is 0 Å². The maximum absolute atomic E-state index is 4.29. The van der Waals surface area contributed by atoms with Crippen LogP contribution in [0, 0.1) is 0 Å². The first-order valence-electron chi connectivity index (χ1n) is 4.33. The molecule has 3 aromatic rings. The van der Waals surface area contributed by atoms with Crippen molar-refractivity contribution in [1.82, 2.24) is 9.97 Å². The van der Waals surface area contributed by atoms with Crippen LogP contribution in [0.15, 0.2) is 35.3 Å². The minimum atomic E-state index is 1.09. The van der Waals surface area contributed by atoms with Gasteiger partial charge in [0.25, 0.3) is 0 Å². The van der Waals surface area contributed by atoms with Gasteiger partial charge in [-0.15, -0.1) is 34.0 Å². The molecule has 0 atom stereocenters. The van der Waals surface area contributed by atoms with E-state index in [4.69, 9.17) is 0 Å². The van der Waals surface area contributed by atoms with Gasteiger partial charge in [0.2, 0.25) is 0 Å². The largest absolute Gasteiger partial charge is 0.244 e. The monoisotopic (exact) mass is 250 g/mol. The van der Waals surface area contributed by atoms with Gasteiger partial charge in [-0.2, -0.15) is 0 Å². The third-order valence-corrected chi connectivity index (χ3v) is 4.86. The van der Waals surface area contributed by atoms with Crippen LogP contribution in [0.5, 0.6) is 0 Å². The van der Waals surface area contributed by atoms with Gasteiger partial charge in [0.15, 0.2) is 0 Å². The first kappa shape index (κ1) is 9.21. The molecule has 0 aromatic carbocycles. The Morgan fingerprint density at radius 1 is 0.800 bits per heavy atom. The summed E-state index contributed by atoms with van der Waals surface area (Å²) in [6.45, 7) is 0. The summed E-state index contributed by atoms with van der Waals surface area (Å²) in [5.41, 5.74) is 0. The van der Waals surface area contributed by atoms with E-state index in [1.807, 2.05) is 23.2 Å².